The van der Waals surface area contributed by atoms with Gasteiger partial charge in [-0.05, 0) is 71.7 Å². The van der Waals surface area contributed by atoms with Crippen molar-refractivity contribution >= 4 is 39.1 Å². The molecule has 3 rings (SSSR count). The van der Waals surface area contributed by atoms with Gasteiger partial charge in [-0.1, -0.05) is 12.1 Å². The second kappa shape index (κ2) is 8.39. The van der Waals surface area contributed by atoms with E-state index in [9.17, 15) is 9.59 Å². The van der Waals surface area contributed by atoms with Gasteiger partial charge in [0.1, 0.15) is 0 Å². The Morgan fingerprint density at radius 1 is 1.04 bits per heavy atom. The van der Waals surface area contributed by atoms with Crippen LogP contribution in [-0.4, -0.2) is 21.6 Å². The molecule has 144 valence electrons. The first-order chi connectivity index (χ1) is 13.3. The molecule has 0 saturated heterocycles. The normalized spacial score (nSPS) is 10.6. The SMILES string of the molecule is CC(=O)Nc1ccc(NC(=O)c2cccc(Cn3nc(C)c(Br)c3C)c2)cc1. The average molecular weight is 441 g/mol. The lowest BCUT2D eigenvalue weighted by Crippen LogP contribution is -2.13. The van der Waals surface area contributed by atoms with Crippen LogP contribution >= 0.6 is 15.9 Å². The van der Waals surface area contributed by atoms with Crippen molar-refractivity contribution in [2.45, 2.75) is 27.3 Å². The Balaban J connectivity index is 1.71. The molecule has 0 fully saturated rings. The van der Waals surface area contributed by atoms with E-state index in [-0.39, 0.29) is 11.8 Å². The average Bonchev–Trinajstić information content (AvgIpc) is 2.90. The number of hydrogen-bond acceptors (Lipinski definition) is 3. The lowest BCUT2D eigenvalue weighted by molar-refractivity contribution is -0.114. The summed E-state index contributed by atoms with van der Waals surface area (Å²) in [5.74, 6) is -0.327. The van der Waals surface area contributed by atoms with Crippen molar-refractivity contribution < 1.29 is 9.59 Å². The van der Waals surface area contributed by atoms with Gasteiger partial charge in [0.2, 0.25) is 5.91 Å². The minimum atomic E-state index is -0.191. The van der Waals surface area contributed by atoms with Crippen LogP contribution in [0.15, 0.2) is 53.0 Å². The molecule has 0 unspecified atom stereocenters. The van der Waals surface area contributed by atoms with Gasteiger partial charge in [-0.15, -0.1) is 0 Å². The van der Waals surface area contributed by atoms with Crippen molar-refractivity contribution in [2.75, 3.05) is 10.6 Å². The third-order valence-corrected chi connectivity index (χ3v) is 5.43. The van der Waals surface area contributed by atoms with Crippen LogP contribution in [0.4, 0.5) is 11.4 Å². The third kappa shape index (κ3) is 4.67. The van der Waals surface area contributed by atoms with E-state index in [4.69, 9.17) is 0 Å². The van der Waals surface area contributed by atoms with E-state index in [0.29, 0.717) is 23.5 Å². The summed E-state index contributed by atoms with van der Waals surface area (Å²) in [7, 11) is 0. The number of rotatable bonds is 5. The summed E-state index contributed by atoms with van der Waals surface area (Å²) >= 11 is 3.54. The highest BCUT2D eigenvalue weighted by Gasteiger charge is 2.11. The number of halogens is 1. The molecule has 0 bridgehead atoms. The van der Waals surface area contributed by atoms with Crippen LogP contribution in [0.1, 0.15) is 34.2 Å². The van der Waals surface area contributed by atoms with Gasteiger partial charge in [0.25, 0.3) is 5.91 Å². The molecule has 0 aliphatic rings. The maximum Gasteiger partial charge on any atom is 0.255 e. The lowest BCUT2D eigenvalue weighted by Gasteiger charge is -2.09. The standard InChI is InChI=1S/C21H21BrN4O2/c1-13-20(22)14(2)26(25-13)12-16-5-4-6-17(11-16)21(28)24-19-9-7-18(8-10-19)23-15(3)27/h4-11H,12H2,1-3H3,(H,23,27)(H,24,28). The van der Waals surface area contributed by atoms with E-state index >= 15 is 0 Å². The van der Waals surface area contributed by atoms with Crippen molar-refractivity contribution in [3.8, 4) is 0 Å². The van der Waals surface area contributed by atoms with Gasteiger partial charge >= 0.3 is 0 Å². The number of nitrogens with zero attached hydrogens (tertiary/aromatic N) is 2. The van der Waals surface area contributed by atoms with Gasteiger partial charge in [-0.25, -0.2) is 0 Å². The fraction of sp³-hybridized carbons (Fsp3) is 0.190. The Bertz CT molecular complexity index is 1030. The molecule has 0 saturated carbocycles. The van der Waals surface area contributed by atoms with Gasteiger partial charge < -0.3 is 10.6 Å². The minimum absolute atomic E-state index is 0.136. The molecule has 6 nitrogen and oxygen atoms in total. The van der Waals surface area contributed by atoms with Crippen LogP contribution in [0.3, 0.4) is 0 Å². The molecule has 2 aromatic carbocycles. The summed E-state index contributed by atoms with van der Waals surface area (Å²) in [6.07, 6.45) is 0. The van der Waals surface area contributed by atoms with Crippen molar-refractivity contribution in [3.63, 3.8) is 0 Å². The highest BCUT2D eigenvalue weighted by Crippen LogP contribution is 2.21. The highest BCUT2D eigenvalue weighted by atomic mass is 79.9. The van der Waals surface area contributed by atoms with E-state index in [1.54, 1.807) is 30.3 Å². The molecule has 28 heavy (non-hydrogen) atoms. The van der Waals surface area contributed by atoms with E-state index in [0.717, 1.165) is 21.4 Å². The van der Waals surface area contributed by atoms with E-state index in [1.807, 2.05) is 36.7 Å². The smallest absolute Gasteiger partial charge is 0.255 e. The maximum absolute atomic E-state index is 12.6. The van der Waals surface area contributed by atoms with E-state index in [2.05, 4.69) is 31.7 Å². The Labute approximate surface area is 172 Å². The number of hydrogen-bond donors (Lipinski definition) is 2. The van der Waals surface area contributed by atoms with Crippen molar-refractivity contribution in [1.82, 2.24) is 9.78 Å². The molecule has 7 heteroatoms. The first-order valence-electron chi connectivity index (χ1n) is 8.81. The molecule has 3 aromatic rings. The quantitative estimate of drug-likeness (QED) is 0.611. The number of aromatic nitrogens is 2. The summed E-state index contributed by atoms with van der Waals surface area (Å²) < 4.78 is 2.92. The summed E-state index contributed by atoms with van der Waals surface area (Å²) in [5, 5.41) is 10.1. The van der Waals surface area contributed by atoms with Gasteiger partial charge in [0.15, 0.2) is 0 Å². The molecule has 0 atom stereocenters. The fourth-order valence-electron chi connectivity index (χ4n) is 2.86. The monoisotopic (exact) mass is 440 g/mol. The topological polar surface area (TPSA) is 76.0 Å². The predicted molar refractivity (Wildman–Crippen MR) is 114 cm³/mol. The molecule has 0 radical (unpaired) electrons. The zero-order chi connectivity index (χ0) is 20.3. The Hall–Kier alpha value is -2.93. The van der Waals surface area contributed by atoms with Crippen LogP contribution in [0.25, 0.3) is 0 Å². The number of benzene rings is 2. The zero-order valence-corrected chi connectivity index (χ0v) is 17.5. The summed E-state index contributed by atoms with van der Waals surface area (Å²) in [6, 6.07) is 14.5. The van der Waals surface area contributed by atoms with Crippen LogP contribution in [0, 0.1) is 13.8 Å². The van der Waals surface area contributed by atoms with Gasteiger partial charge in [0, 0.05) is 23.9 Å². The number of anilines is 2. The van der Waals surface area contributed by atoms with E-state index in [1.165, 1.54) is 6.92 Å². The lowest BCUT2D eigenvalue weighted by atomic mass is 10.1. The first-order valence-corrected chi connectivity index (χ1v) is 9.60. The fourth-order valence-corrected chi connectivity index (χ4v) is 3.14. The molecule has 1 aromatic heterocycles. The van der Waals surface area contributed by atoms with Crippen molar-refractivity contribution in [2.24, 2.45) is 0 Å². The second-order valence-corrected chi connectivity index (χ2v) is 7.35. The molecule has 0 spiro atoms. The zero-order valence-electron chi connectivity index (χ0n) is 15.9. The molecule has 2 N–H and O–H groups in total. The number of carbonyl (C=O) groups excluding carboxylic acids is 2. The second-order valence-electron chi connectivity index (χ2n) is 6.56. The highest BCUT2D eigenvalue weighted by molar-refractivity contribution is 9.10. The Morgan fingerprint density at radius 3 is 2.25 bits per heavy atom. The molecule has 0 aliphatic carbocycles. The number of carbonyl (C=O) groups is 2. The van der Waals surface area contributed by atoms with Gasteiger partial charge in [-0.2, -0.15) is 5.10 Å². The largest absolute Gasteiger partial charge is 0.326 e. The van der Waals surface area contributed by atoms with Crippen LogP contribution in [0.2, 0.25) is 0 Å². The van der Waals surface area contributed by atoms with Crippen molar-refractivity contribution in [3.05, 3.63) is 75.5 Å². The predicted octanol–water partition coefficient (Wildman–Crippen LogP) is 4.52. The Kier molecular flexibility index (Phi) is 5.94. The van der Waals surface area contributed by atoms with Crippen molar-refractivity contribution in [1.29, 1.82) is 0 Å². The van der Waals surface area contributed by atoms with Gasteiger partial charge in [0.05, 0.1) is 22.4 Å². The first kappa shape index (κ1) is 19.8. The molecule has 2 amide bonds. The number of aryl methyl sites for hydroxylation is 1. The Morgan fingerprint density at radius 2 is 1.68 bits per heavy atom. The number of nitrogens with one attached hydrogen (secondary N) is 2. The number of amides is 2. The van der Waals surface area contributed by atoms with Gasteiger partial charge in [-0.3, -0.25) is 14.3 Å². The maximum atomic E-state index is 12.6. The minimum Gasteiger partial charge on any atom is -0.326 e. The summed E-state index contributed by atoms with van der Waals surface area (Å²) in [5.41, 5.74) is 4.90. The summed E-state index contributed by atoms with van der Waals surface area (Å²) in [4.78, 5) is 23.7. The van der Waals surface area contributed by atoms with Crippen LogP contribution < -0.4 is 10.6 Å². The van der Waals surface area contributed by atoms with Crippen LogP contribution in [-0.2, 0) is 11.3 Å². The molecule has 0 aliphatic heterocycles. The van der Waals surface area contributed by atoms with Crippen LogP contribution in [0.5, 0.6) is 0 Å². The molecular weight excluding hydrogens is 420 g/mol. The third-order valence-electron chi connectivity index (χ3n) is 4.28. The van der Waals surface area contributed by atoms with E-state index < -0.39 is 0 Å². The molecular formula is C21H21BrN4O2. The molecule has 1 heterocycles. The summed E-state index contributed by atoms with van der Waals surface area (Å²) in [6.45, 7) is 6.00.